The Bertz CT molecular complexity index is 563. The predicted octanol–water partition coefficient (Wildman–Crippen LogP) is 3.33. The quantitative estimate of drug-likeness (QED) is 0.787. The molecule has 0 radical (unpaired) electrons. The van der Waals surface area contributed by atoms with Gasteiger partial charge in [-0.15, -0.1) is 16.7 Å². The van der Waals surface area contributed by atoms with Gasteiger partial charge in [-0.25, -0.2) is 4.68 Å². The molecule has 7 heteroatoms. The maximum atomic E-state index is 12.9. The average Bonchev–Trinajstić information content (AvgIpc) is 2.69. The molecular weight excluding hydrogens is 267 g/mol. The van der Waals surface area contributed by atoms with Crippen LogP contribution in [0.2, 0.25) is 0 Å². The molecule has 2 aromatic rings. The van der Waals surface area contributed by atoms with Crippen LogP contribution >= 0.6 is 11.6 Å². The molecule has 0 atom stereocenters. The summed E-state index contributed by atoms with van der Waals surface area (Å²) in [6, 6.07) is 5.21. The zero-order valence-corrected chi connectivity index (χ0v) is 10.1. The molecule has 96 valence electrons. The van der Waals surface area contributed by atoms with Gasteiger partial charge in [-0.1, -0.05) is 17.3 Å². The van der Waals surface area contributed by atoms with Gasteiger partial charge in [0.25, 0.3) is 0 Å². The second-order valence-corrected chi connectivity index (χ2v) is 3.95. The van der Waals surface area contributed by atoms with Gasteiger partial charge in [0.15, 0.2) is 0 Å². The third-order valence-corrected chi connectivity index (χ3v) is 2.81. The Hall–Kier alpha value is -1.56. The van der Waals surface area contributed by atoms with Crippen LogP contribution in [0.15, 0.2) is 24.3 Å². The van der Waals surface area contributed by atoms with Crippen LogP contribution in [0, 0.1) is 6.92 Å². The monoisotopic (exact) mass is 275 g/mol. The lowest BCUT2D eigenvalue weighted by atomic mass is 10.1. The molecule has 2 rings (SSSR count). The van der Waals surface area contributed by atoms with Crippen LogP contribution in [0.5, 0.6) is 0 Å². The van der Waals surface area contributed by atoms with Crippen molar-refractivity contribution in [1.29, 1.82) is 0 Å². The minimum Gasteiger partial charge on any atom is -0.217 e. The van der Waals surface area contributed by atoms with E-state index >= 15 is 0 Å². The Balaban J connectivity index is 2.61. The van der Waals surface area contributed by atoms with Crippen LogP contribution in [0.1, 0.15) is 17.0 Å². The first-order valence-corrected chi connectivity index (χ1v) is 5.62. The van der Waals surface area contributed by atoms with Crippen molar-refractivity contribution in [1.82, 2.24) is 15.0 Å². The van der Waals surface area contributed by atoms with Gasteiger partial charge in [-0.3, -0.25) is 0 Å². The third-order valence-electron chi connectivity index (χ3n) is 2.55. The van der Waals surface area contributed by atoms with Crippen molar-refractivity contribution >= 4 is 11.6 Å². The SMILES string of the molecule is Cc1c(CCl)nnn1-c1ccccc1C(F)(F)F. The summed E-state index contributed by atoms with van der Waals surface area (Å²) in [6.07, 6.45) is -4.43. The maximum absolute atomic E-state index is 12.9. The van der Waals surface area contributed by atoms with E-state index in [0.29, 0.717) is 11.4 Å². The van der Waals surface area contributed by atoms with Crippen molar-refractivity contribution in [3.05, 3.63) is 41.2 Å². The molecule has 0 fully saturated rings. The third kappa shape index (κ3) is 2.20. The number of hydrogen-bond acceptors (Lipinski definition) is 2. The molecule has 0 N–H and O–H groups in total. The smallest absolute Gasteiger partial charge is 0.217 e. The molecule has 0 bridgehead atoms. The largest absolute Gasteiger partial charge is 0.418 e. The fourth-order valence-corrected chi connectivity index (χ4v) is 1.86. The molecule has 0 aliphatic carbocycles. The van der Waals surface area contributed by atoms with Gasteiger partial charge in [0.1, 0.15) is 5.69 Å². The van der Waals surface area contributed by atoms with Crippen LogP contribution in [-0.2, 0) is 12.1 Å². The van der Waals surface area contributed by atoms with E-state index in [4.69, 9.17) is 11.6 Å². The van der Waals surface area contributed by atoms with Crippen LogP contribution in [-0.4, -0.2) is 15.0 Å². The lowest BCUT2D eigenvalue weighted by Crippen LogP contribution is -2.12. The average molecular weight is 276 g/mol. The van der Waals surface area contributed by atoms with E-state index in [1.165, 1.54) is 18.2 Å². The minimum atomic E-state index is -4.43. The first-order chi connectivity index (χ1) is 8.45. The molecule has 0 saturated carbocycles. The number of nitrogens with zero attached hydrogens (tertiary/aromatic N) is 3. The van der Waals surface area contributed by atoms with Crippen LogP contribution in [0.3, 0.4) is 0 Å². The molecule has 3 nitrogen and oxygen atoms in total. The van der Waals surface area contributed by atoms with E-state index in [9.17, 15) is 13.2 Å². The number of rotatable bonds is 2. The summed E-state index contributed by atoms with van der Waals surface area (Å²) < 4.78 is 39.8. The van der Waals surface area contributed by atoms with Gasteiger partial charge >= 0.3 is 6.18 Å². The van der Waals surface area contributed by atoms with Crippen LogP contribution < -0.4 is 0 Å². The van der Waals surface area contributed by atoms with Crippen LogP contribution in [0.4, 0.5) is 13.2 Å². The van der Waals surface area contributed by atoms with E-state index in [2.05, 4.69) is 10.3 Å². The van der Waals surface area contributed by atoms with Gasteiger partial charge in [0.2, 0.25) is 0 Å². The Morgan fingerprint density at radius 1 is 1.28 bits per heavy atom. The number of halogens is 4. The highest BCUT2D eigenvalue weighted by Gasteiger charge is 2.34. The minimum absolute atomic E-state index is 0.0497. The lowest BCUT2D eigenvalue weighted by molar-refractivity contribution is -0.137. The van der Waals surface area contributed by atoms with E-state index < -0.39 is 11.7 Å². The van der Waals surface area contributed by atoms with Crippen molar-refractivity contribution in [3.63, 3.8) is 0 Å². The van der Waals surface area contributed by atoms with Crippen LogP contribution in [0.25, 0.3) is 5.69 Å². The molecule has 0 spiro atoms. The summed E-state index contributed by atoms with van der Waals surface area (Å²) in [5.74, 6) is 0.111. The van der Waals surface area contributed by atoms with Gasteiger partial charge in [-0.05, 0) is 19.1 Å². The summed E-state index contributed by atoms with van der Waals surface area (Å²) >= 11 is 5.62. The molecule has 0 unspecified atom stereocenters. The second kappa shape index (κ2) is 4.61. The Labute approximate surface area is 106 Å². The highest BCUT2D eigenvalue weighted by molar-refractivity contribution is 6.16. The standard InChI is InChI=1S/C11H9ClF3N3/c1-7-9(6-12)16-17-18(7)10-5-3-2-4-8(10)11(13,14)15/h2-5H,6H2,1H3. The number of hydrogen-bond donors (Lipinski definition) is 0. The predicted molar refractivity (Wildman–Crippen MR) is 60.7 cm³/mol. The van der Waals surface area contributed by atoms with Gasteiger partial charge < -0.3 is 0 Å². The molecule has 1 aromatic carbocycles. The fraction of sp³-hybridized carbons (Fsp3) is 0.273. The number of para-hydroxylation sites is 1. The summed E-state index contributed by atoms with van der Waals surface area (Å²) in [7, 11) is 0. The molecule has 0 saturated heterocycles. The molecule has 0 aliphatic rings. The van der Waals surface area contributed by atoms with Crippen molar-refractivity contribution in [2.45, 2.75) is 19.0 Å². The van der Waals surface area contributed by atoms with E-state index in [1.807, 2.05) is 0 Å². The Kier molecular flexibility index (Phi) is 3.30. The zero-order chi connectivity index (χ0) is 13.3. The molecule has 1 aromatic heterocycles. The first-order valence-electron chi connectivity index (χ1n) is 5.09. The normalized spacial score (nSPS) is 11.8. The van der Waals surface area contributed by atoms with Crippen molar-refractivity contribution in [2.24, 2.45) is 0 Å². The number of alkyl halides is 4. The van der Waals surface area contributed by atoms with Crippen molar-refractivity contribution in [3.8, 4) is 5.69 Å². The maximum Gasteiger partial charge on any atom is 0.418 e. The van der Waals surface area contributed by atoms with E-state index in [1.54, 1.807) is 6.92 Å². The summed E-state index contributed by atoms with van der Waals surface area (Å²) in [5.41, 5.74) is 0.167. The molecule has 0 aliphatic heterocycles. The molecule has 1 heterocycles. The topological polar surface area (TPSA) is 30.7 Å². The number of aromatic nitrogens is 3. The van der Waals surface area contributed by atoms with E-state index in [0.717, 1.165) is 10.7 Å². The lowest BCUT2D eigenvalue weighted by Gasteiger charge is -2.12. The Morgan fingerprint density at radius 2 is 1.94 bits per heavy atom. The van der Waals surface area contributed by atoms with Gasteiger partial charge in [-0.2, -0.15) is 13.2 Å². The Morgan fingerprint density at radius 3 is 2.50 bits per heavy atom. The second-order valence-electron chi connectivity index (χ2n) is 3.68. The highest BCUT2D eigenvalue weighted by Crippen LogP contribution is 2.33. The van der Waals surface area contributed by atoms with E-state index in [-0.39, 0.29) is 11.6 Å². The highest BCUT2D eigenvalue weighted by atomic mass is 35.5. The van der Waals surface area contributed by atoms with Gasteiger partial charge in [0.05, 0.1) is 22.8 Å². The number of benzene rings is 1. The van der Waals surface area contributed by atoms with Gasteiger partial charge in [0, 0.05) is 0 Å². The summed E-state index contributed by atoms with van der Waals surface area (Å²) in [5, 5.41) is 7.46. The molecular formula is C11H9ClF3N3. The zero-order valence-electron chi connectivity index (χ0n) is 9.37. The van der Waals surface area contributed by atoms with Crippen molar-refractivity contribution in [2.75, 3.05) is 0 Å². The summed E-state index contributed by atoms with van der Waals surface area (Å²) in [6.45, 7) is 1.63. The molecule has 18 heavy (non-hydrogen) atoms. The first kappa shape index (κ1) is 12.9. The fourth-order valence-electron chi connectivity index (χ4n) is 1.61. The molecule has 0 amide bonds. The summed E-state index contributed by atoms with van der Waals surface area (Å²) in [4.78, 5) is 0. The van der Waals surface area contributed by atoms with Crippen molar-refractivity contribution < 1.29 is 13.2 Å².